The maximum atomic E-state index is 13.8. The number of esters is 1. The number of furan rings is 1. The van der Waals surface area contributed by atoms with Crippen LogP contribution in [0.15, 0.2) is 34.7 Å². The van der Waals surface area contributed by atoms with Gasteiger partial charge in [-0.05, 0) is 29.8 Å². The molecule has 1 aliphatic heterocycles. The molecule has 5 rings (SSSR count). The van der Waals surface area contributed by atoms with Crippen LogP contribution in [0.25, 0.3) is 21.9 Å². The summed E-state index contributed by atoms with van der Waals surface area (Å²) in [6, 6.07) is 7.68. The third-order valence-corrected chi connectivity index (χ3v) is 6.59. The first-order valence-corrected chi connectivity index (χ1v) is 11.1. The number of alkyl halides is 4. The average molecular weight is 523 g/mol. The summed E-state index contributed by atoms with van der Waals surface area (Å²) in [5.41, 5.74) is -1.69. The highest BCUT2D eigenvalue weighted by Gasteiger charge is 2.43. The van der Waals surface area contributed by atoms with Crippen molar-refractivity contribution in [3.8, 4) is 11.5 Å². The Morgan fingerprint density at radius 3 is 2.64 bits per heavy atom. The second-order valence-electron chi connectivity index (χ2n) is 8.22. The molecule has 0 saturated carbocycles. The van der Waals surface area contributed by atoms with Crippen LogP contribution in [0.1, 0.15) is 38.1 Å². The number of methoxy groups -OCH3 is 2. The average Bonchev–Trinajstić information content (AvgIpc) is 3.55. The van der Waals surface area contributed by atoms with E-state index in [0.29, 0.717) is 16.7 Å². The Morgan fingerprint density at radius 2 is 2.00 bits per heavy atom. The Bertz CT molecular complexity index is 1540. The maximum Gasteiger partial charge on any atom is 0.432 e. The monoisotopic (exact) mass is 522 g/mol. The van der Waals surface area contributed by atoms with E-state index in [-0.39, 0.29) is 40.3 Å². The zero-order valence-electron chi connectivity index (χ0n) is 18.8. The minimum atomic E-state index is -4.94. The number of anilines is 1. The Morgan fingerprint density at radius 1 is 1.25 bits per heavy atom. The van der Waals surface area contributed by atoms with Gasteiger partial charge in [0.15, 0.2) is 5.76 Å². The van der Waals surface area contributed by atoms with Gasteiger partial charge in [0.1, 0.15) is 22.8 Å². The fourth-order valence-electron chi connectivity index (χ4n) is 4.64. The molecule has 0 spiro atoms. The summed E-state index contributed by atoms with van der Waals surface area (Å²) in [6.07, 6.45) is -4.94. The van der Waals surface area contributed by atoms with Gasteiger partial charge in [-0.15, -0.1) is 11.6 Å². The summed E-state index contributed by atoms with van der Waals surface area (Å²) in [5.74, 6) is -2.59. The van der Waals surface area contributed by atoms with Gasteiger partial charge in [-0.3, -0.25) is 4.79 Å². The van der Waals surface area contributed by atoms with Gasteiger partial charge in [-0.2, -0.15) is 13.2 Å². The summed E-state index contributed by atoms with van der Waals surface area (Å²) < 4.78 is 56.9. The number of aromatic hydroxyl groups is 1. The molecular weight excluding hydrogens is 505 g/mol. The normalized spacial score (nSPS) is 15.5. The predicted octanol–water partition coefficient (Wildman–Crippen LogP) is 5.42. The Labute approximate surface area is 206 Å². The quantitative estimate of drug-likeness (QED) is 0.274. The zero-order valence-corrected chi connectivity index (χ0v) is 19.6. The van der Waals surface area contributed by atoms with Crippen molar-refractivity contribution in [3.05, 3.63) is 52.9 Å². The van der Waals surface area contributed by atoms with Crippen LogP contribution in [0.3, 0.4) is 0 Å². The molecule has 12 heteroatoms. The highest BCUT2D eigenvalue weighted by atomic mass is 35.5. The molecule has 1 aliphatic rings. The predicted molar refractivity (Wildman–Crippen MR) is 124 cm³/mol. The number of hydrogen-bond acceptors (Lipinski definition) is 6. The second-order valence-corrected chi connectivity index (χ2v) is 8.53. The maximum absolute atomic E-state index is 13.8. The molecule has 0 fully saturated rings. The lowest BCUT2D eigenvalue weighted by molar-refractivity contribution is -0.141. The SMILES string of the molecule is COC(=O)c1c(C(F)(F)F)[nH]c2c(O)cc3c(c12)[C@H](CCl)CN3C(=O)c1cc2cc(OC)ccc2o1. The lowest BCUT2D eigenvalue weighted by Gasteiger charge is -2.16. The fraction of sp³-hybridized carbons (Fsp3) is 0.250. The molecule has 0 aliphatic carbocycles. The van der Waals surface area contributed by atoms with Gasteiger partial charge in [0.05, 0.1) is 31.0 Å². The molecule has 3 heterocycles. The molecule has 0 saturated heterocycles. The van der Waals surface area contributed by atoms with Crippen molar-refractivity contribution in [2.45, 2.75) is 12.1 Å². The van der Waals surface area contributed by atoms with Crippen molar-refractivity contribution in [1.29, 1.82) is 0 Å². The molecule has 0 radical (unpaired) electrons. The summed E-state index contributed by atoms with van der Waals surface area (Å²) in [7, 11) is 2.46. The van der Waals surface area contributed by atoms with Crippen LogP contribution < -0.4 is 9.64 Å². The molecule has 4 aromatic rings. The van der Waals surface area contributed by atoms with Crippen molar-refractivity contribution in [2.24, 2.45) is 0 Å². The number of carbonyl (C=O) groups excluding carboxylic acids is 2. The number of hydrogen-bond donors (Lipinski definition) is 2. The summed E-state index contributed by atoms with van der Waals surface area (Å²) >= 11 is 6.17. The molecular formula is C24H18ClF3N2O6. The van der Waals surface area contributed by atoms with Crippen molar-refractivity contribution < 1.29 is 41.8 Å². The van der Waals surface area contributed by atoms with Crippen LogP contribution in [-0.4, -0.2) is 48.6 Å². The van der Waals surface area contributed by atoms with Crippen LogP contribution in [-0.2, 0) is 10.9 Å². The molecule has 188 valence electrons. The smallest absolute Gasteiger partial charge is 0.432 e. The minimum absolute atomic E-state index is 0.0102. The molecule has 2 aromatic carbocycles. The van der Waals surface area contributed by atoms with Gasteiger partial charge < -0.3 is 28.9 Å². The lowest BCUT2D eigenvalue weighted by Crippen LogP contribution is -2.29. The van der Waals surface area contributed by atoms with E-state index in [4.69, 9.17) is 20.8 Å². The molecule has 0 bridgehead atoms. The minimum Gasteiger partial charge on any atom is -0.506 e. The largest absolute Gasteiger partial charge is 0.506 e. The van der Waals surface area contributed by atoms with E-state index in [1.54, 1.807) is 18.2 Å². The van der Waals surface area contributed by atoms with Crippen LogP contribution in [0.4, 0.5) is 18.9 Å². The third-order valence-electron chi connectivity index (χ3n) is 6.22. The highest BCUT2D eigenvalue weighted by Crippen LogP contribution is 2.49. The Kier molecular flexibility index (Phi) is 5.55. The van der Waals surface area contributed by atoms with Crippen molar-refractivity contribution in [1.82, 2.24) is 4.98 Å². The topological polar surface area (TPSA) is 105 Å². The number of rotatable bonds is 4. The first-order chi connectivity index (χ1) is 17.1. The zero-order chi connectivity index (χ0) is 25.9. The number of ether oxygens (including phenoxy) is 2. The van der Waals surface area contributed by atoms with E-state index in [1.807, 2.05) is 0 Å². The van der Waals surface area contributed by atoms with Gasteiger partial charge >= 0.3 is 12.1 Å². The Balaban J connectivity index is 1.71. The first kappa shape index (κ1) is 23.9. The highest BCUT2D eigenvalue weighted by molar-refractivity contribution is 6.20. The third kappa shape index (κ3) is 3.53. The first-order valence-electron chi connectivity index (χ1n) is 10.6. The molecule has 36 heavy (non-hydrogen) atoms. The summed E-state index contributed by atoms with van der Waals surface area (Å²) in [4.78, 5) is 29.3. The van der Waals surface area contributed by atoms with Crippen LogP contribution in [0.5, 0.6) is 11.5 Å². The number of phenols is 1. The fourth-order valence-corrected chi connectivity index (χ4v) is 4.89. The number of carbonyl (C=O) groups is 2. The number of halogens is 4. The van der Waals surface area contributed by atoms with Gasteiger partial charge in [-0.1, -0.05) is 0 Å². The van der Waals surface area contributed by atoms with Gasteiger partial charge in [0.2, 0.25) is 0 Å². The summed E-state index contributed by atoms with van der Waals surface area (Å²) in [6.45, 7) is -0.0102. The second kappa shape index (κ2) is 8.37. The van der Waals surface area contributed by atoms with E-state index in [9.17, 15) is 27.9 Å². The van der Waals surface area contributed by atoms with Crippen molar-refractivity contribution in [2.75, 3.05) is 31.5 Å². The van der Waals surface area contributed by atoms with E-state index in [2.05, 4.69) is 9.72 Å². The van der Waals surface area contributed by atoms with E-state index < -0.39 is 41.0 Å². The van der Waals surface area contributed by atoms with Gasteiger partial charge in [0, 0.05) is 35.2 Å². The van der Waals surface area contributed by atoms with E-state index >= 15 is 0 Å². The molecule has 2 N–H and O–H groups in total. The van der Waals surface area contributed by atoms with Crippen molar-refractivity contribution >= 4 is 51.0 Å². The van der Waals surface area contributed by atoms with Crippen LogP contribution in [0, 0.1) is 0 Å². The number of nitrogens with one attached hydrogen (secondary N) is 1. The number of amides is 1. The van der Waals surface area contributed by atoms with Gasteiger partial charge in [-0.25, -0.2) is 4.79 Å². The number of benzene rings is 2. The molecule has 1 atom stereocenters. The lowest BCUT2D eigenvalue weighted by atomic mass is 9.95. The number of H-pyrrole nitrogens is 1. The van der Waals surface area contributed by atoms with E-state index in [1.165, 1.54) is 24.1 Å². The molecule has 8 nitrogen and oxygen atoms in total. The number of fused-ring (bicyclic) bond motifs is 4. The standard InChI is InChI=1S/C24H18ClF3N2O6/c1-34-12-3-4-15-10(5-12)6-16(36-15)22(32)30-9-11(8-25)17-13(30)7-14(31)20-18(17)19(23(33)35-2)21(29-20)24(26,27)28/h3-7,11,29,31H,8-9H2,1-2H3/t11-/m1/s1. The number of nitrogens with zero attached hydrogens (tertiary/aromatic N) is 1. The van der Waals surface area contributed by atoms with Crippen molar-refractivity contribution in [3.63, 3.8) is 0 Å². The number of aromatic amines is 1. The Hall–Kier alpha value is -3.86. The molecule has 0 unspecified atom stereocenters. The van der Waals surface area contributed by atoms with Gasteiger partial charge in [0.25, 0.3) is 5.91 Å². The van der Waals surface area contributed by atoms with Crippen LogP contribution >= 0.6 is 11.6 Å². The molecule has 2 aromatic heterocycles. The number of phenolic OH excluding ortho intramolecular Hbond substituents is 1. The molecule has 1 amide bonds. The van der Waals surface area contributed by atoms with E-state index in [0.717, 1.165) is 7.11 Å². The number of aromatic nitrogens is 1. The summed E-state index contributed by atoms with van der Waals surface area (Å²) in [5, 5.41) is 11.0. The van der Waals surface area contributed by atoms with Crippen LogP contribution in [0.2, 0.25) is 0 Å².